The quantitative estimate of drug-likeness (QED) is 0.747. The molecule has 1 aromatic heterocycles. The van der Waals surface area contributed by atoms with Gasteiger partial charge in [-0.2, -0.15) is 0 Å². The van der Waals surface area contributed by atoms with Crippen molar-refractivity contribution in [3.63, 3.8) is 0 Å². The molecule has 0 spiro atoms. The summed E-state index contributed by atoms with van der Waals surface area (Å²) in [6, 6.07) is 3.82. The van der Waals surface area contributed by atoms with E-state index in [1.165, 1.54) is 0 Å². The molecule has 1 rings (SSSR count). The summed E-state index contributed by atoms with van der Waals surface area (Å²) >= 11 is 0. The third-order valence-electron chi connectivity index (χ3n) is 0.942. The van der Waals surface area contributed by atoms with Crippen LogP contribution < -0.4 is 0 Å². The Morgan fingerprint density at radius 3 is 2.22 bits per heavy atom. The predicted octanol–water partition coefficient (Wildman–Crippen LogP) is 0.808. The Morgan fingerprint density at radius 2 is 1.89 bits per heavy atom. The van der Waals surface area contributed by atoms with Gasteiger partial charge in [-0.3, -0.25) is 4.98 Å². The van der Waals surface area contributed by atoms with E-state index in [4.69, 9.17) is 0 Å². The molecule has 9 heavy (non-hydrogen) atoms. The molecule has 2 heteroatoms. The van der Waals surface area contributed by atoms with Crippen LogP contribution in [0.4, 0.5) is 0 Å². The Hall–Kier alpha value is -0.214. The van der Waals surface area contributed by atoms with Crippen LogP contribution in [0.25, 0.3) is 6.08 Å². The molecule has 0 saturated carbocycles. The summed E-state index contributed by atoms with van der Waals surface area (Å²) in [6.45, 7) is 3.60. The van der Waals surface area contributed by atoms with E-state index in [-0.39, 0.29) is 26.6 Å². The van der Waals surface area contributed by atoms with Crippen molar-refractivity contribution in [3.8, 4) is 0 Å². The molecule has 0 amide bonds. The van der Waals surface area contributed by atoms with Crippen molar-refractivity contribution in [3.05, 3.63) is 36.7 Å². The molecule has 0 unspecified atom stereocenters. The van der Waals surface area contributed by atoms with Crippen molar-refractivity contribution in [1.82, 2.24) is 4.98 Å². The van der Waals surface area contributed by atoms with Gasteiger partial charge >= 0.3 is 26.6 Å². The van der Waals surface area contributed by atoms with E-state index in [0.717, 1.165) is 5.56 Å². The average molecular weight is 316 g/mol. The minimum atomic E-state index is 0. The first-order chi connectivity index (χ1) is 3.93. The molecular formula is C7H9NPo. The summed E-state index contributed by atoms with van der Waals surface area (Å²) in [5.74, 6) is 0. The molecule has 1 nitrogen and oxygen atoms in total. The Bertz CT molecular complexity index is 172. The van der Waals surface area contributed by atoms with Crippen LogP contribution in [0.5, 0.6) is 0 Å². The van der Waals surface area contributed by atoms with Crippen molar-refractivity contribution < 1.29 is 0 Å². The monoisotopic (exact) mass is 316 g/mol. The van der Waals surface area contributed by atoms with Crippen LogP contribution in [0.15, 0.2) is 31.1 Å². The van der Waals surface area contributed by atoms with Crippen LogP contribution in [0.1, 0.15) is 5.56 Å². The van der Waals surface area contributed by atoms with Crippen molar-refractivity contribution >= 4 is 32.6 Å². The maximum atomic E-state index is 3.85. The summed E-state index contributed by atoms with van der Waals surface area (Å²) in [4.78, 5) is 3.85. The minimum absolute atomic E-state index is 0. The van der Waals surface area contributed by atoms with Gasteiger partial charge in [0, 0.05) is 12.4 Å². The second-order valence-corrected chi connectivity index (χ2v) is 1.48. The number of nitrogens with zero attached hydrogens (tertiary/aromatic N) is 1. The van der Waals surface area contributed by atoms with E-state index in [1.54, 1.807) is 18.5 Å². The maximum absolute atomic E-state index is 3.85. The first-order valence-corrected chi connectivity index (χ1v) is 2.46. The second kappa shape index (κ2) is 4.64. The van der Waals surface area contributed by atoms with E-state index in [2.05, 4.69) is 11.6 Å². The molecule has 0 aliphatic rings. The molecule has 0 bridgehead atoms. The van der Waals surface area contributed by atoms with Crippen LogP contribution in [0, 0.1) is 0 Å². The van der Waals surface area contributed by atoms with Gasteiger partial charge < -0.3 is 0 Å². The zero-order valence-corrected chi connectivity index (χ0v) is 8.93. The van der Waals surface area contributed by atoms with Crippen LogP contribution in [-0.4, -0.2) is 31.6 Å². The molecule has 0 fully saturated rings. The van der Waals surface area contributed by atoms with Crippen molar-refractivity contribution in [1.29, 1.82) is 0 Å². The van der Waals surface area contributed by atoms with E-state index in [1.807, 2.05) is 12.1 Å². The molecule has 0 aromatic carbocycles. The standard InChI is InChI=1S/C7H7N.Po.2H/c1-2-7-3-5-8-6-4-7;;;/h2-6H,1H2;;;. The molecule has 0 aliphatic carbocycles. The Labute approximate surface area is 74.3 Å². The van der Waals surface area contributed by atoms with Gasteiger partial charge in [0.2, 0.25) is 0 Å². The molecule has 48 valence electrons. The molecule has 0 atom stereocenters. The van der Waals surface area contributed by atoms with Crippen molar-refractivity contribution in [2.45, 2.75) is 0 Å². The second-order valence-electron chi connectivity index (χ2n) is 1.48. The predicted molar refractivity (Wildman–Crippen MR) is 42.9 cm³/mol. The first-order valence-electron chi connectivity index (χ1n) is 2.46. The fourth-order valence-corrected chi connectivity index (χ4v) is 0.500. The van der Waals surface area contributed by atoms with E-state index < -0.39 is 0 Å². The summed E-state index contributed by atoms with van der Waals surface area (Å²) in [7, 11) is 0. The fraction of sp³-hybridized carbons (Fsp3) is 0. The summed E-state index contributed by atoms with van der Waals surface area (Å²) in [6.07, 6.45) is 5.29. The first kappa shape index (κ1) is 8.79. The van der Waals surface area contributed by atoms with Crippen LogP contribution >= 0.6 is 0 Å². The van der Waals surface area contributed by atoms with Crippen LogP contribution in [0.3, 0.4) is 0 Å². The van der Waals surface area contributed by atoms with Crippen LogP contribution in [-0.2, 0) is 0 Å². The Kier molecular flexibility index (Phi) is 4.53. The topological polar surface area (TPSA) is 12.9 Å². The molecule has 0 radical (unpaired) electrons. The number of hydrogen-bond donors (Lipinski definition) is 0. The zero-order chi connectivity index (χ0) is 5.82. The fourth-order valence-electron chi connectivity index (χ4n) is 0.500. The molecule has 0 saturated heterocycles. The summed E-state index contributed by atoms with van der Waals surface area (Å²) in [5, 5.41) is 0. The van der Waals surface area contributed by atoms with Gasteiger partial charge in [-0.15, -0.1) is 0 Å². The average Bonchev–Trinajstić information content (AvgIpc) is 1.90. The number of aromatic nitrogens is 1. The van der Waals surface area contributed by atoms with E-state index in [0.29, 0.717) is 0 Å². The zero-order valence-electron chi connectivity index (χ0n) is 5.04. The van der Waals surface area contributed by atoms with Gasteiger partial charge in [0.25, 0.3) is 0 Å². The number of rotatable bonds is 1. The summed E-state index contributed by atoms with van der Waals surface area (Å²) in [5.41, 5.74) is 1.11. The van der Waals surface area contributed by atoms with Gasteiger partial charge in [0.05, 0.1) is 0 Å². The molecule has 0 N–H and O–H groups in total. The third-order valence-corrected chi connectivity index (χ3v) is 0.942. The van der Waals surface area contributed by atoms with Gasteiger partial charge in [0.1, 0.15) is 0 Å². The van der Waals surface area contributed by atoms with Crippen molar-refractivity contribution in [2.75, 3.05) is 0 Å². The van der Waals surface area contributed by atoms with Crippen molar-refractivity contribution in [2.24, 2.45) is 0 Å². The normalized spacial score (nSPS) is 7.56. The molecule has 0 aliphatic heterocycles. The van der Waals surface area contributed by atoms with Gasteiger partial charge in [-0.05, 0) is 17.7 Å². The van der Waals surface area contributed by atoms with Gasteiger partial charge in [-0.25, -0.2) is 0 Å². The van der Waals surface area contributed by atoms with E-state index >= 15 is 0 Å². The Morgan fingerprint density at radius 1 is 1.33 bits per heavy atom. The Balaban J connectivity index is 0.000000640. The van der Waals surface area contributed by atoms with Crippen LogP contribution in [0.2, 0.25) is 0 Å². The van der Waals surface area contributed by atoms with Gasteiger partial charge in [-0.1, -0.05) is 12.7 Å². The van der Waals surface area contributed by atoms with Gasteiger partial charge in [0.15, 0.2) is 0 Å². The molecule has 1 heterocycles. The SMILES string of the molecule is C=Cc1ccncc1.[PoH2]. The number of pyridine rings is 1. The molecular weight excluding hydrogens is 307 g/mol. The van der Waals surface area contributed by atoms with E-state index in [9.17, 15) is 0 Å². The number of hydrogen-bond acceptors (Lipinski definition) is 1. The third kappa shape index (κ3) is 2.72. The summed E-state index contributed by atoms with van der Waals surface area (Å²) < 4.78 is 0. The molecule has 1 aromatic rings.